The molecule has 0 spiro atoms. The quantitative estimate of drug-likeness (QED) is 0.851. The third-order valence-corrected chi connectivity index (χ3v) is 4.32. The zero-order chi connectivity index (χ0) is 16.3. The molecule has 0 N–H and O–H groups in total. The van der Waals surface area contributed by atoms with Gasteiger partial charge in [0, 0.05) is 6.54 Å². The van der Waals surface area contributed by atoms with E-state index in [1.54, 1.807) is 6.07 Å². The summed E-state index contributed by atoms with van der Waals surface area (Å²) in [5.74, 6) is 0.171. The lowest BCUT2D eigenvalue weighted by molar-refractivity contribution is 0.432. The first-order valence-corrected chi connectivity index (χ1v) is 8.93. The maximum atomic E-state index is 12.1. The molecule has 0 bridgehead atoms. The SMILES string of the molecule is CC.CC.Cc1ccc(C)c(S(=O)(=O)CCN(C)C)c1. The molecule has 0 heterocycles. The first kappa shape index (κ1) is 21.4. The van der Waals surface area contributed by atoms with E-state index < -0.39 is 9.84 Å². The molecule has 3 nitrogen and oxygen atoms in total. The molecular formula is C16H31NO2S. The smallest absolute Gasteiger partial charge is 0.179 e. The summed E-state index contributed by atoms with van der Waals surface area (Å²) in [5, 5.41) is 0. The van der Waals surface area contributed by atoms with E-state index in [1.807, 2.05) is 72.7 Å². The lowest BCUT2D eigenvalue weighted by Crippen LogP contribution is -2.22. The minimum atomic E-state index is -3.15. The van der Waals surface area contributed by atoms with Crippen molar-refractivity contribution in [3.8, 4) is 0 Å². The Balaban J connectivity index is 0. The van der Waals surface area contributed by atoms with Crippen LogP contribution in [0.4, 0.5) is 0 Å². The second kappa shape index (κ2) is 10.9. The molecule has 0 aliphatic carbocycles. The average molecular weight is 301 g/mol. The summed E-state index contributed by atoms with van der Waals surface area (Å²) >= 11 is 0. The second-order valence-electron chi connectivity index (χ2n) is 4.39. The predicted octanol–water partition coefficient (Wildman–Crippen LogP) is 3.69. The van der Waals surface area contributed by atoms with Crippen LogP contribution in [0.5, 0.6) is 0 Å². The number of rotatable bonds is 4. The Labute approximate surface area is 125 Å². The van der Waals surface area contributed by atoms with Gasteiger partial charge in [0.25, 0.3) is 0 Å². The number of hydrogen-bond acceptors (Lipinski definition) is 3. The van der Waals surface area contributed by atoms with Gasteiger partial charge in [-0.05, 0) is 45.1 Å². The summed E-state index contributed by atoms with van der Waals surface area (Å²) < 4.78 is 24.2. The van der Waals surface area contributed by atoms with E-state index in [2.05, 4.69) is 0 Å². The highest BCUT2D eigenvalue weighted by Gasteiger charge is 2.17. The lowest BCUT2D eigenvalue weighted by Gasteiger charge is -2.12. The summed E-state index contributed by atoms with van der Waals surface area (Å²) in [6.45, 7) is 12.3. The Morgan fingerprint density at radius 3 is 1.95 bits per heavy atom. The van der Waals surface area contributed by atoms with Gasteiger partial charge in [0.05, 0.1) is 10.6 Å². The minimum Gasteiger partial charge on any atom is -0.308 e. The first-order valence-electron chi connectivity index (χ1n) is 7.27. The van der Waals surface area contributed by atoms with Gasteiger partial charge in [0.2, 0.25) is 0 Å². The summed E-state index contributed by atoms with van der Waals surface area (Å²) in [7, 11) is 0.597. The maximum absolute atomic E-state index is 12.1. The third kappa shape index (κ3) is 7.65. The molecule has 0 atom stereocenters. The van der Waals surface area contributed by atoms with Gasteiger partial charge in [-0.3, -0.25) is 0 Å². The standard InChI is InChI=1S/C12H19NO2S.2C2H6/c1-10-5-6-11(2)12(9-10)16(14,15)8-7-13(3)4;2*1-2/h5-6,9H,7-8H2,1-4H3;2*1-2H3. The van der Waals surface area contributed by atoms with Crippen LogP contribution in [0.3, 0.4) is 0 Å². The largest absolute Gasteiger partial charge is 0.308 e. The maximum Gasteiger partial charge on any atom is 0.179 e. The molecule has 0 radical (unpaired) electrons. The highest BCUT2D eigenvalue weighted by molar-refractivity contribution is 7.91. The van der Waals surface area contributed by atoms with Crippen LogP contribution in [-0.4, -0.2) is 39.7 Å². The zero-order valence-electron chi connectivity index (χ0n) is 14.3. The fourth-order valence-electron chi connectivity index (χ4n) is 1.46. The van der Waals surface area contributed by atoms with E-state index in [-0.39, 0.29) is 5.75 Å². The zero-order valence-corrected chi connectivity index (χ0v) is 15.1. The summed E-state index contributed by atoms with van der Waals surface area (Å²) in [5.41, 5.74) is 1.80. The van der Waals surface area contributed by atoms with E-state index in [4.69, 9.17) is 0 Å². The second-order valence-corrected chi connectivity index (χ2v) is 6.47. The van der Waals surface area contributed by atoms with Crippen LogP contribution >= 0.6 is 0 Å². The Hall–Kier alpha value is -0.870. The summed E-state index contributed by atoms with van der Waals surface area (Å²) in [6, 6.07) is 5.54. The molecule has 1 aromatic rings. The summed E-state index contributed by atoms with van der Waals surface area (Å²) in [4.78, 5) is 2.34. The van der Waals surface area contributed by atoms with E-state index in [0.29, 0.717) is 11.4 Å². The highest BCUT2D eigenvalue weighted by atomic mass is 32.2. The van der Waals surface area contributed by atoms with Crippen molar-refractivity contribution >= 4 is 9.84 Å². The Bertz CT molecular complexity index is 465. The van der Waals surface area contributed by atoms with Gasteiger partial charge >= 0.3 is 0 Å². The predicted molar refractivity (Wildman–Crippen MR) is 89.2 cm³/mol. The van der Waals surface area contributed by atoms with Crippen molar-refractivity contribution < 1.29 is 8.42 Å². The van der Waals surface area contributed by atoms with Crippen LogP contribution in [0.1, 0.15) is 38.8 Å². The van der Waals surface area contributed by atoms with Crippen LogP contribution in [0.15, 0.2) is 23.1 Å². The molecule has 1 aromatic carbocycles. The van der Waals surface area contributed by atoms with Crippen molar-refractivity contribution in [1.29, 1.82) is 0 Å². The normalized spacial score (nSPS) is 10.2. The fourth-order valence-corrected chi connectivity index (χ4v) is 3.20. The van der Waals surface area contributed by atoms with Crippen molar-refractivity contribution in [1.82, 2.24) is 4.90 Å². The van der Waals surface area contributed by atoms with Gasteiger partial charge in [-0.1, -0.05) is 39.8 Å². The van der Waals surface area contributed by atoms with Gasteiger partial charge in [0.1, 0.15) is 0 Å². The molecule has 118 valence electrons. The monoisotopic (exact) mass is 301 g/mol. The van der Waals surface area contributed by atoms with Gasteiger partial charge in [0.15, 0.2) is 9.84 Å². The highest BCUT2D eigenvalue weighted by Crippen LogP contribution is 2.18. The van der Waals surface area contributed by atoms with E-state index in [1.165, 1.54) is 0 Å². The molecule has 20 heavy (non-hydrogen) atoms. The number of nitrogens with zero attached hydrogens (tertiary/aromatic N) is 1. The van der Waals surface area contributed by atoms with Crippen molar-refractivity contribution in [2.24, 2.45) is 0 Å². The number of aryl methyl sites for hydroxylation is 2. The molecule has 1 rings (SSSR count). The molecule has 0 aliphatic rings. The van der Waals surface area contributed by atoms with Gasteiger partial charge < -0.3 is 4.90 Å². The Kier molecular flexibility index (Phi) is 11.6. The molecule has 0 saturated carbocycles. The molecular weight excluding hydrogens is 270 g/mol. The Morgan fingerprint density at radius 1 is 1.00 bits per heavy atom. The van der Waals surface area contributed by atoms with E-state index in [0.717, 1.165) is 11.1 Å². The van der Waals surface area contributed by atoms with E-state index in [9.17, 15) is 8.42 Å². The number of benzene rings is 1. The molecule has 0 unspecified atom stereocenters. The van der Waals surface area contributed by atoms with Crippen molar-refractivity contribution in [2.75, 3.05) is 26.4 Å². The molecule has 4 heteroatoms. The first-order chi connectivity index (χ1) is 9.33. The molecule has 0 fully saturated rings. The van der Waals surface area contributed by atoms with Crippen LogP contribution in [0, 0.1) is 13.8 Å². The van der Waals surface area contributed by atoms with Crippen LogP contribution in [0.25, 0.3) is 0 Å². The van der Waals surface area contributed by atoms with Crippen molar-refractivity contribution in [3.63, 3.8) is 0 Å². The molecule has 0 aromatic heterocycles. The van der Waals surface area contributed by atoms with Crippen LogP contribution in [0.2, 0.25) is 0 Å². The van der Waals surface area contributed by atoms with Crippen molar-refractivity contribution in [2.45, 2.75) is 46.4 Å². The van der Waals surface area contributed by atoms with Crippen LogP contribution < -0.4 is 0 Å². The number of hydrogen-bond donors (Lipinski definition) is 0. The average Bonchev–Trinajstić information content (AvgIpc) is 2.44. The topological polar surface area (TPSA) is 37.4 Å². The van der Waals surface area contributed by atoms with Gasteiger partial charge in [-0.2, -0.15) is 0 Å². The fraction of sp³-hybridized carbons (Fsp3) is 0.625. The molecule has 0 saturated heterocycles. The minimum absolute atomic E-state index is 0.171. The number of sulfone groups is 1. The van der Waals surface area contributed by atoms with Crippen molar-refractivity contribution in [3.05, 3.63) is 29.3 Å². The van der Waals surface area contributed by atoms with Gasteiger partial charge in [-0.15, -0.1) is 0 Å². The van der Waals surface area contributed by atoms with Crippen LogP contribution in [-0.2, 0) is 9.84 Å². The van der Waals surface area contributed by atoms with E-state index >= 15 is 0 Å². The molecule has 0 amide bonds. The third-order valence-electron chi connectivity index (χ3n) is 2.49. The van der Waals surface area contributed by atoms with Gasteiger partial charge in [-0.25, -0.2) is 8.42 Å². The lowest BCUT2D eigenvalue weighted by atomic mass is 10.2. The molecule has 0 aliphatic heterocycles. The summed E-state index contributed by atoms with van der Waals surface area (Å²) in [6.07, 6.45) is 0. The Morgan fingerprint density at radius 2 is 1.50 bits per heavy atom.